The van der Waals surface area contributed by atoms with Crippen molar-refractivity contribution in [1.82, 2.24) is 0 Å². The summed E-state index contributed by atoms with van der Waals surface area (Å²) in [6, 6.07) is 64.9. The first-order valence-electron chi connectivity index (χ1n) is 20.4. The molecule has 2 nitrogen and oxygen atoms in total. The Bertz CT molecular complexity index is 2640. The zero-order valence-electron chi connectivity index (χ0n) is 32.4. The van der Waals surface area contributed by atoms with Crippen molar-refractivity contribution >= 4 is 17.5 Å². The average Bonchev–Trinajstić information content (AvgIpc) is 3.55. The molecule has 2 heterocycles. The molecule has 57 heavy (non-hydrogen) atoms. The Balaban J connectivity index is 1.11. The van der Waals surface area contributed by atoms with Crippen LogP contribution in [0.5, 0.6) is 0 Å². The van der Waals surface area contributed by atoms with E-state index in [2.05, 4.69) is 166 Å². The van der Waals surface area contributed by atoms with Gasteiger partial charge in [-0.25, -0.2) is 0 Å². The summed E-state index contributed by atoms with van der Waals surface area (Å²) in [5.74, 6) is 0.946. The van der Waals surface area contributed by atoms with E-state index in [1.165, 1.54) is 71.1 Å². The molecule has 7 aromatic carbocycles. The van der Waals surface area contributed by atoms with Gasteiger partial charge in [0.15, 0.2) is 0 Å². The van der Waals surface area contributed by atoms with E-state index in [0.29, 0.717) is 17.4 Å². The van der Waals surface area contributed by atoms with Gasteiger partial charge in [-0.15, -0.1) is 0 Å². The highest BCUT2D eigenvalue weighted by Crippen LogP contribution is 2.62. The van der Waals surface area contributed by atoms with Crippen LogP contribution >= 0.6 is 11.8 Å². The Morgan fingerprint density at radius 1 is 0.596 bits per heavy atom. The Labute approximate surface area is 341 Å². The van der Waals surface area contributed by atoms with Crippen molar-refractivity contribution in [3.05, 3.63) is 214 Å². The third-order valence-corrected chi connectivity index (χ3v) is 14.1. The summed E-state index contributed by atoms with van der Waals surface area (Å²) in [5.41, 5.74) is 15.8. The molecule has 0 N–H and O–H groups in total. The fraction of sp³-hybridized carbons (Fsp3) is 0.185. The summed E-state index contributed by atoms with van der Waals surface area (Å²) >= 11 is 1.90. The molecule has 2 aliphatic heterocycles. The summed E-state index contributed by atoms with van der Waals surface area (Å²) in [6.07, 6.45) is 3.18. The third-order valence-electron chi connectivity index (χ3n) is 13.0. The summed E-state index contributed by atoms with van der Waals surface area (Å²) in [6.45, 7) is 4.77. The molecule has 3 aliphatic rings. The van der Waals surface area contributed by atoms with E-state index in [9.17, 15) is 5.26 Å². The van der Waals surface area contributed by atoms with Gasteiger partial charge in [0, 0.05) is 21.4 Å². The minimum absolute atomic E-state index is 0.0171. The number of nitrogens with zero attached hydrogens (tertiary/aromatic N) is 2. The van der Waals surface area contributed by atoms with E-state index in [4.69, 9.17) is 4.99 Å². The Kier molecular flexibility index (Phi) is 9.04. The molecule has 0 saturated carbocycles. The van der Waals surface area contributed by atoms with Crippen molar-refractivity contribution in [3.8, 4) is 28.3 Å². The van der Waals surface area contributed by atoms with Gasteiger partial charge in [-0.05, 0) is 117 Å². The Morgan fingerprint density at radius 2 is 1.18 bits per heavy atom. The van der Waals surface area contributed by atoms with E-state index < -0.39 is 5.41 Å². The van der Waals surface area contributed by atoms with Crippen LogP contribution in [0.1, 0.15) is 89.6 Å². The van der Waals surface area contributed by atoms with Crippen molar-refractivity contribution in [3.63, 3.8) is 0 Å². The SMILES string of the molecule is CCC1/C(c2ccccc2)=N\[C@H](c2ccc3c(c2)C2(c4ccccc4Sc4ccccc42)c2ccccc2-3)C(C)CCC1c1ccc(-c2ccc(C#N)cc2)cc1. The maximum atomic E-state index is 9.30. The normalized spacial score (nSPS) is 21.1. The average molecular weight is 753 g/mol. The van der Waals surface area contributed by atoms with Gasteiger partial charge in [0.05, 0.1) is 23.1 Å². The number of rotatable bonds is 5. The first kappa shape index (κ1) is 35.5. The van der Waals surface area contributed by atoms with Crippen molar-refractivity contribution in [2.24, 2.45) is 16.8 Å². The molecule has 0 amide bonds. The lowest BCUT2D eigenvalue weighted by Gasteiger charge is -2.40. The van der Waals surface area contributed by atoms with E-state index in [0.717, 1.165) is 24.8 Å². The third kappa shape index (κ3) is 5.81. The molecule has 0 fully saturated rings. The number of hydrogen-bond acceptors (Lipinski definition) is 3. The van der Waals surface area contributed by atoms with Crippen LogP contribution in [-0.2, 0) is 5.41 Å². The minimum atomic E-state index is -0.405. The van der Waals surface area contributed by atoms with Gasteiger partial charge in [-0.2, -0.15) is 5.26 Å². The molecule has 7 aromatic rings. The highest BCUT2D eigenvalue weighted by molar-refractivity contribution is 7.99. The molecule has 0 aromatic heterocycles. The molecule has 0 radical (unpaired) electrons. The van der Waals surface area contributed by atoms with E-state index in [-0.39, 0.29) is 12.0 Å². The fourth-order valence-corrected chi connectivity index (χ4v) is 11.5. The first-order chi connectivity index (χ1) is 28.1. The highest BCUT2D eigenvalue weighted by Gasteiger charge is 2.50. The minimum Gasteiger partial charge on any atom is -0.280 e. The van der Waals surface area contributed by atoms with Crippen molar-refractivity contribution in [1.29, 1.82) is 5.26 Å². The van der Waals surface area contributed by atoms with E-state index >= 15 is 0 Å². The summed E-state index contributed by atoms with van der Waals surface area (Å²) in [4.78, 5) is 8.61. The predicted molar refractivity (Wildman–Crippen MR) is 235 cm³/mol. The fourth-order valence-electron chi connectivity index (χ4n) is 10.3. The summed E-state index contributed by atoms with van der Waals surface area (Å²) in [7, 11) is 0. The van der Waals surface area contributed by atoms with Gasteiger partial charge in [0.2, 0.25) is 0 Å². The monoisotopic (exact) mass is 752 g/mol. The van der Waals surface area contributed by atoms with Crippen LogP contribution in [0.15, 0.2) is 185 Å². The molecule has 0 saturated heterocycles. The van der Waals surface area contributed by atoms with Crippen LogP contribution < -0.4 is 0 Å². The molecule has 0 bridgehead atoms. The number of hydrogen-bond donors (Lipinski definition) is 0. The zero-order chi connectivity index (χ0) is 38.5. The smallest absolute Gasteiger partial charge is 0.0991 e. The lowest BCUT2D eigenvalue weighted by atomic mass is 9.67. The van der Waals surface area contributed by atoms with E-state index in [1.807, 2.05) is 36.0 Å². The predicted octanol–water partition coefficient (Wildman–Crippen LogP) is 13.8. The van der Waals surface area contributed by atoms with Crippen LogP contribution in [0.2, 0.25) is 0 Å². The van der Waals surface area contributed by atoms with Crippen LogP contribution in [0.25, 0.3) is 22.3 Å². The van der Waals surface area contributed by atoms with Gasteiger partial charge >= 0.3 is 0 Å². The first-order valence-corrected chi connectivity index (χ1v) is 21.2. The molecular formula is C54H44N2S. The zero-order valence-corrected chi connectivity index (χ0v) is 33.2. The second-order valence-electron chi connectivity index (χ2n) is 16.0. The Morgan fingerprint density at radius 3 is 1.84 bits per heavy atom. The molecule has 276 valence electrons. The largest absolute Gasteiger partial charge is 0.280 e. The molecule has 1 spiro atoms. The maximum Gasteiger partial charge on any atom is 0.0991 e. The summed E-state index contributed by atoms with van der Waals surface area (Å²) < 4.78 is 0. The van der Waals surface area contributed by atoms with Crippen LogP contribution in [0, 0.1) is 23.2 Å². The number of fused-ring (bicyclic) bond motifs is 9. The molecule has 10 rings (SSSR count). The Hall–Kier alpha value is -5.95. The van der Waals surface area contributed by atoms with Crippen LogP contribution in [0.4, 0.5) is 0 Å². The topological polar surface area (TPSA) is 36.1 Å². The molecule has 3 heteroatoms. The summed E-state index contributed by atoms with van der Waals surface area (Å²) in [5, 5.41) is 9.30. The molecular weight excluding hydrogens is 709 g/mol. The van der Waals surface area contributed by atoms with Gasteiger partial charge in [0.25, 0.3) is 0 Å². The number of benzene rings is 7. The van der Waals surface area contributed by atoms with Gasteiger partial charge in [-0.3, -0.25) is 4.99 Å². The van der Waals surface area contributed by atoms with Crippen molar-refractivity contribution < 1.29 is 0 Å². The number of aliphatic imine (C=N–C) groups is 1. The maximum absolute atomic E-state index is 9.30. The lowest BCUT2D eigenvalue weighted by molar-refractivity contribution is 0.362. The highest BCUT2D eigenvalue weighted by atomic mass is 32.2. The quantitative estimate of drug-likeness (QED) is 0.175. The molecule has 3 unspecified atom stereocenters. The van der Waals surface area contributed by atoms with Gasteiger partial charge < -0.3 is 0 Å². The lowest BCUT2D eigenvalue weighted by Crippen LogP contribution is -2.32. The van der Waals surface area contributed by atoms with Gasteiger partial charge in [-0.1, -0.05) is 171 Å². The van der Waals surface area contributed by atoms with Crippen LogP contribution in [0.3, 0.4) is 0 Å². The standard InChI is InChI=1S/C54H44N2S/c1-3-42-43(39-28-26-38(27-29-39)37-24-22-36(34-55)23-25-37)31-21-35(2)52(56-53(42)40-13-5-4-6-14-40)41-30-32-45-44-15-7-8-16-46(44)54(49(45)33-41)47-17-9-11-19-50(47)57-51-20-12-10-18-48(51)54/h4-20,22-30,32-33,35,42-43,52H,3,21,31H2,1-2H3/b56-53-/t35?,42?,43?,52-/m0/s1. The van der Waals surface area contributed by atoms with Gasteiger partial charge in [0.1, 0.15) is 0 Å². The second kappa shape index (κ2) is 14.5. The second-order valence-corrected chi connectivity index (χ2v) is 17.1. The number of nitriles is 1. The molecule has 4 atom stereocenters. The van der Waals surface area contributed by atoms with Crippen molar-refractivity contribution in [2.75, 3.05) is 0 Å². The molecule has 1 aliphatic carbocycles. The van der Waals surface area contributed by atoms with Crippen LogP contribution in [-0.4, -0.2) is 5.71 Å². The van der Waals surface area contributed by atoms with Crippen molar-refractivity contribution in [2.45, 2.75) is 60.3 Å². The van der Waals surface area contributed by atoms with E-state index in [1.54, 1.807) is 0 Å².